The molecule has 3 atom stereocenters. The summed E-state index contributed by atoms with van der Waals surface area (Å²) in [6.07, 6.45) is 6.57. The average molecular weight is 377 g/mol. The van der Waals surface area contributed by atoms with Crippen molar-refractivity contribution in [2.45, 2.75) is 45.1 Å². The Hall–Kier alpha value is -2.89. The molecular weight excluding hydrogens is 354 g/mol. The molecule has 0 amide bonds. The molecule has 0 aliphatic heterocycles. The largest absolute Gasteiger partial charge is 0.507 e. The van der Waals surface area contributed by atoms with E-state index in [1.165, 1.54) is 19.3 Å². The van der Waals surface area contributed by atoms with E-state index in [-0.39, 0.29) is 11.9 Å². The number of fused-ring (bicyclic) bond motifs is 2. The van der Waals surface area contributed by atoms with Gasteiger partial charge in [0.25, 0.3) is 0 Å². The molecule has 1 N–H and O–H groups in total. The van der Waals surface area contributed by atoms with E-state index in [1.54, 1.807) is 6.07 Å². The fraction of sp³-hybridized carbons (Fsp3) is 0.409. The van der Waals surface area contributed by atoms with Crippen LogP contribution in [-0.2, 0) is 0 Å². The Kier molecular flexibility index (Phi) is 4.26. The van der Waals surface area contributed by atoms with E-state index in [0.29, 0.717) is 22.9 Å². The number of benzene rings is 1. The first kappa shape index (κ1) is 17.2. The van der Waals surface area contributed by atoms with Crippen LogP contribution in [0.5, 0.6) is 11.6 Å². The number of rotatable bonds is 4. The number of phenols is 1. The number of phenolic OH excluding ortho intramolecular Hbond substituents is 1. The van der Waals surface area contributed by atoms with Gasteiger partial charge in [-0.05, 0) is 56.2 Å². The lowest BCUT2D eigenvalue weighted by atomic mass is 9.87. The lowest BCUT2D eigenvalue weighted by Crippen LogP contribution is -2.26. The molecule has 6 heteroatoms. The SMILES string of the molecule is Cc1cc(-c2ccc(-c3ccc(O[C@H]4C[C@@H]5CC[C@@H](C5)C4)nn3)c(O)c2)on1. The lowest BCUT2D eigenvalue weighted by molar-refractivity contribution is 0.113. The maximum atomic E-state index is 10.4. The van der Waals surface area contributed by atoms with Crippen LogP contribution < -0.4 is 4.74 Å². The van der Waals surface area contributed by atoms with Crippen LogP contribution in [0.3, 0.4) is 0 Å². The number of hydrogen-bond acceptors (Lipinski definition) is 6. The van der Waals surface area contributed by atoms with Crippen molar-refractivity contribution in [2.75, 3.05) is 0 Å². The van der Waals surface area contributed by atoms with Crippen molar-refractivity contribution in [1.29, 1.82) is 0 Å². The van der Waals surface area contributed by atoms with Gasteiger partial charge in [0.1, 0.15) is 11.9 Å². The van der Waals surface area contributed by atoms with Crippen LogP contribution in [0.2, 0.25) is 0 Å². The summed E-state index contributed by atoms with van der Waals surface area (Å²) in [4.78, 5) is 0. The summed E-state index contributed by atoms with van der Waals surface area (Å²) < 4.78 is 11.3. The van der Waals surface area contributed by atoms with E-state index in [1.807, 2.05) is 37.3 Å². The van der Waals surface area contributed by atoms with Crippen molar-refractivity contribution in [3.05, 3.63) is 42.1 Å². The molecule has 2 aliphatic carbocycles. The van der Waals surface area contributed by atoms with Crippen LogP contribution in [0.1, 0.15) is 37.8 Å². The van der Waals surface area contributed by atoms with Gasteiger partial charge in [0, 0.05) is 23.3 Å². The predicted molar refractivity (Wildman–Crippen MR) is 104 cm³/mol. The van der Waals surface area contributed by atoms with Crippen molar-refractivity contribution in [3.8, 4) is 34.2 Å². The number of aromatic nitrogens is 3. The fourth-order valence-electron chi connectivity index (χ4n) is 4.64. The standard InChI is InChI=1S/C22H23N3O3/c1-13-8-21(28-25-13)16-4-5-18(20(26)12-16)19-6-7-22(24-23-19)27-17-10-14-2-3-15(9-14)11-17/h4-8,12,14-15,17,26H,2-3,9-11H2,1H3/t14-,15+,17+. The molecule has 2 saturated carbocycles. The van der Waals surface area contributed by atoms with Gasteiger partial charge in [0.15, 0.2) is 5.76 Å². The number of aromatic hydroxyl groups is 1. The van der Waals surface area contributed by atoms with E-state index in [4.69, 9.17) is 9.26 Å². The van der Waals surface area contributed by atoms with Gasteiger partial charge in [-0.2, -0.15) is 0 Å². The molecule has 3 aromatic rings. The summed E-state index contributed by atoms with van der Waals surface area (Å²) in [5, 5.41) is 22.8. The van der Waals surface area contributed by atoms with E-state index >= 15 is 0 Å². The molecule has 0 spiro atoms. The van der Waals surface area contributed by atoms with E-state index in [2.05, 4.69) is 15.4 Å². The summed E-state index contributed by atoms with van der Waals surface area (Å²) in [6, 6.07) is 10.8. The summed E-state index contributed by atoms with van der Waals surface area (Å²) in [7, 11) is 0. The Bertz CT molecular complexity index is 971. The first-order valence-corrected chi connectivity index (χ1v) is 9.91. The topological polar surface area (TPSA) is 81.3 Å². The third-order valence-corrected chi connectivity index (χ3v) is 5.96. The Morgan fingerprint density at radius 1 is 1.00 bits per heavy atom. The maximum Gasteiger partial charge on any atom is 0.233 e. The Labute approximate surface area is 163 Å². The normalized spacial score (nSPS) is 23.7. The van der Waals surface area contributed by atoms with Crippen molar-refractivity contribution in [1.82, 2.24) is 15.4 Å². The van der Waals surface area contributed by atoms with E-state index < -0.39 is 0 Å². The van der Waals surface area contributed by atoms with Crippen LogP contribution in [0.15, 0.2) is 40.9 Å². The van der Waals surface area contributed by atoms with Gasteiger partial charge in [0.2, 0.25) is 5.88 Å². The van der Waals surface area contributed by atoms with Gasteiger partial charge in [0.05, 0.1) is 11.4 Å². The zero-order valence-corrected chi connectivity index (χ0v) is 15.8. The molecule has 0 saturated heterocycles. The molecule has 0 radical (unpaired) electrons. The second-order valence-electron chi connectivity index (χ2n) is 8.08. The summed E-state index contributed by atoms with van der Waals surface area (Å²) in [5.41, 5.74) is 2.79. The van der Waals surface area contributed by atoms with Gasteiger partial charge in [-0.1, -0.05) is 24.1 Å². The van der Waals surface area contributed by atoms with Crippen molar-refractivity contribution >= 4 is 0 Å². The molecular formula is C22H23N3O3. The van der Waals surface area contributed by atoms with Crippen LogP contribution in [0.25, 0.3) is 22.6 Å². The third kappa shape index (κ3) is 3.35. The van der Waals surface area contributed by atoms with Crippen LogP contribution in [0.4, 0.5) is 0 Å². The third-order valence-electron chi connectivity index (χ3n) is 5.96. The lowest BCUT2D eigenvalue weighted by Gasteiger charge is -2.27. The minimum Gasteiger partial charge on any atom is -0.507 e. The molecule has 2 bridgehead atoms. The van der Waals surface area contributed by atoms with Crippen LogP contribution in [-0.4, -0.2) is 26.6 Å². The molecule has 6 nitrogen and oxygen atoms in total. The quantitative estimate of drug-likeness (QED) is 0.705. The Morgan fingerprint density at radius 2 is 1.82 bits per heavy atom. The summed E-state index contributed by atoms with van der Waals surface area (Å²) in [5.74, 6) is 2.94. The van der Waals surface area contributed by atoms with E-state index in [9.17, 15) is 5.11 Å². The molecule has 144 valence electrons. The van der Waals surface area contributed by atoms with Crippen molar-refractivity contribution < 1.29 is 14.4 Å². The maximum absolute atomic E-state index is 10.4. The molecule has 2 aliphatic rings. The molecule has 2 fully saturated rings. The average Bonchev–Trinajstić information content (AvgIpc) is 3.27. The highest BCUT2D eigenvalue weighted by Gasteiger charge is 2.35. The highest BCUT2D eigenvalue weighted by molar-refractivity contribution is 5.72. The number of aryl methyl sites for hydroxylation is 1. The smallest absolute Gasteiger partial charge is 0.233 e. The number of ether oxygens (including phenoxy) is 1. The molecule has 2 aromatic heterocycles. The monoisotopic (exact) mass is 377 g/mol. The van der Waals surface area contributed by atoms with Gasteiger partial charge in [-0.25, -0.2) is 0 Å². The van der Waals surface area contributed by atoms with Crippen molar-refractivity contribution in [3.63, 3.8) is 0 Å². The Morgan fingerprint density at radius 3 is 2.46 bits per heavy atom. The van der Waals surface area contributed by atoms with Crippen molar-refractivity contribution in [2.24, 2.45) is 11.8 Å². The number of nitrogens with zero attached hydrogens (tertiary/aromatic N) is 3. The van der Waals surface area contributed by atoms with Gasteiger partial charge < -0.3 is 14.4 Å². The van der Waals surface area contributed by atoms with Gasteiger partial charge in [-0.3, -0.25) is 0 Å². The van der Waals surface area contributed by atoms with Gasteiger partial charge in [-0.15, -0.1) is 10.2 Å². The summed E-state index contributed by atoms with van der Waals surface area (Å²) >= 11 is 0. The zero-order chi connectivity index (χ0) is 19.1. The molecule has 0 unspecified atom stereocenters. The van der Waals surface area contributed by atoms with Gasteiger partial charge >= 0.3 is 0 Å². The zero-order valence-electron chi connectivity index (χ0n) is 15.8. The second kappa shape index (κ2) is 6.93. The highest BCUT2D eigenvalue weighted by atomic mass is 16.5. The minimum atomic E-state index is 0.123. The highest BCUT2D eigenvalue weighted by Crippen LogP contribution is 2.43. The molecule has 2 heterocycles. The predicted octanol–water partition coefficient (Wildman–Crippen LogP) is 4.77. The second-order valence-corrected chi connectivity index (χ2v) is 8.08. The molecule has 5 rings (SSSR count). The first-order valence-electron chi connectivity index (χ1n) is 9.91. The summed E-state index contributed by atoms with van der Waals surface area (Å²) in [6.45, 7) is 1.86. The van der Waals surface area contributed by atoms with Crippen LogP contribution >= 0.6 is 0 Å². The number of hydrogen-bond donors (Lipinski definition) is 1. The minimum absolute atomic E-state index is 0.123. The Balaban J connectivity index is 1.31. The first-order chi connectivity index (χ1) is 13.6. The molecule has 1 aromatic carbocycles. The van der Waals surface area contributed by atoms with Crippen LogP contribution in [0, 0.1) is 18.8 Å². The van der Waals surface area contributed by atoms with E-state index in [0.717, 1.165) is 35.9 Å². The molecule has 28 heavy (non-hydrogen) atoms. The fourth-order valence-corrected chi connectivity index (χ4v) is 4.64.